The maximum absolute atomic E-state index is 12.2. The Bertz CT molecular complexity index is 568. The van der Waals surface area contributed by atoms with Gasteiger partial charge in [-0.3, -0.25) is 4.79 Å². The van der Waals surface area contributed by atoms with E-state index in [1.54, 1.807) is 26.0 Å². The maximum Gasteiger partial charge on any atom is 0.172 e. The molecule has 0 aromatic heterocycles. The number of carbonyl (C=O) groups is 1. The molecule has 1 aliphatic heterocycles. The maximum atomic E-state index is 12.2. The molecule has 0 spiro atoms. The molecule has 4 nitrogen and oxygen atoms in total. The molecule has 102 valence electrons. The van der Waals surface area contributed by atoms with Crippen LogP contribution in [0, 0.1) is 5.92 Å². The van der Waals surface area contributed by atoms with Crippen LogP contribution >= 0.6 is 0 Å². The number of hydrogen-bond acceptors (Lipinski definition) is 4. The summed E-state index contributed by atoms with van der Waals surface area (Å²) in [6, 6.07) is 1.18. The summed E-state index contributed by atoms with van der Waals surface area (Å²) in [5.74, 6) is -0.568. The van der Waals surface area contributed by atoms with Gasteiger partial charge < -0.3 is 14.9 Å². The van der Waals surface area contributed by atoms with Gasteiger partial charge in [0.2, 0.25) is 0 Å². The molecule has 0 saturated heterocycles. The van der Waals surface area contributed by atoms with E-state index in [0.717, 1.165) is 0 Å². The van der Waals surface area contributed by atoms with E-state index in [0.29, 0.717) is 5.56 Å². The largest absolute Gasteiger partial charge is 0.507 e. The second-order valence-electron chi connectivity index (χ2n) is 5.59. The van der Waals surface area contributed by atoms with E-state index in [1.165, 1.54) is 6.07 Å². The number of ether oxygens (including phenoxy) is 1. The van der Waals surface area contributed by atoms with Crippen LogP contribution in [0.3, 0.4) is 0 Å². The van der Waals surface area contributed by atoms with Crippen molar-refractivity contribution in [2.75, 3.05) is 0 Å². The fourth-order valence-corrected chi connectivity index (χ4v) is 2.02. The number of phenolic OH excluding ortho intramolecular Hbond substituents is 2. The average Bonchev–Trinajstić information content (AvgIpc) is 2.26. The lowest BCUT2D eigenvalue weighted by atomic mass is 9.93. The van der Waals surface area contributed by atoms with E-state index >= 15 is 0 Å². The minimum Gasteiger partial charge on any atom is -0.507 e. The molecule has 1 aromatic carbocycles. The minimum absolute atomic E-state index is 0.0976. The Morgan fingerprint density at radius 2 is 1.89 bits per heavy atom. The predicted molar refractivity (Wildman–Crippen MR) is 72.7 cm³/mol. The number of carbonyl (C=O) groups excluding carboxylic acids is 1. The molecule has 0 radical (unpaired) electrons. The molecule has 1 aromatic rings. The molecule has 0 unspecified atom stereocenters. The Morgan fingerprint density at radius 3 is 2.47 bits per heavy atom. The highest BCUT2D eigenvalue weighted by Gasteiger charge is 2.31. The normalized spacial score (nSPS) is 16.1. The number of benzene rings is 1. The van der Waals surface area contributed by atoms with E-state index in [1.807, 2.05) is 13.8 Å². The van der Waals surface area contributed by atoms with E-state index in [-0.39, 0.29) is 34.5 Å². The SMILES string of the molecule is CC(C)C(=O)c1c(O)cc(O)c2c1OC(C)(C)C=C2. The summed E-state index contributed by atoms with van der Waals surface area (Å²) in [5.41, 5.74) is -0.0134. The Morgan fingerprint density at radius 1 is 1.26 bits per heavy atom. The molecule has 0 saturated carbocycles. The van der Waals surface area contributed by atoms with Gasteiger partial charge in [0, 0.05) is 12.0 Å². The fourth-order valence-electron chi connectivity index (χ4n) is 2.02. The summed E-state index contributed by atoms with van der Waals surface area (Å²) < 4.78 is 5.76. The van der Waals surface area contributed by atoms with Crippen LogP contribution in [-0.4, -0.2) is 21.6 Å². The van der Waals surface area contributed by atoms with Gasteiger partial charge in [-0.05, 0) is 26.0 Å². The van der Waals surface area contributed by atoms with Crippen molar-refractivity contribution in [3.05, 3.63) is 23.3 Å². The number of fused-ring (bicyclic) bond motifs is 1. The van der Waals surface area contributed by atoms with E-state index in [9.17, 15) is 15.0 Å². The summed E-state index contributed by atoms with van der Waals surface area (Å²) in [6.45, 7) is 7.20. The topological polar surface area (TPSA) is 66.8 Å². The third-order valence-electron chi connectivity index (χ3n) is 3.06. The van der Waals surface area contributed by atoms with Gasteiger partial charge in [0.05, 0.1) is 5.56 Å². The highest BCUT2D eigenvalue weighted by Crippen LogP contribution is 2.44. The van der Waals surface area contributed by atoms with Crippen molar-refractivity contribution in [3.8, 4) is 17.2 Å². The molecule has 2 rings (SSSR count). The van der Waals surface area contributed by atoms with E-state index in [2.05, 4.69) is 0 Å². The molecule has 4 heteroatoms. The van der Waals surface area contributed by atoms with Gasteiger partial charge in [-0.15, -0.1) is 0 Å². The minimum atomic E-state index is -0.584. The van der Waals surface area contributed by atoms with Crippen molar-refractivity contribution in [2.24, 2.45) is 5.92 Å². The molecule has 0 bridgehead atoms. The molecular weight excluding hydrogens is 244 g/mol. The summed E-state index contributed by atoms with van der Waals surface area (Å²) in [7, 11) is 0. The molecular formula is C15H18O4. The molecule has 0 amide bonds. The fraction of sp³-hybridized carbons (Fsp3) is 0.400. The molecule has 19 heavy (non-hydrogen) atoms. The smallest absolute Gasteiger partial charge is 0.172 e. The third-order valence-corrected chi connectivity index (χ3v) is 3.06. The second-order valence-corrected chi connectivity index (χ2v) is 5.59. The Balaban J connectivity index is 2.70. The predicted octanol–water partition coefficient (Wildman–Crippen LogP) is 3.12. The molecule has 1 heterocycles. The number of hydrogen-bond donors (Lipinski definition) is 2. The van der Waals surface area contributed by atoms with Crippen LogP contribution in [-0.2, 0) is 0 Å². The van der Waals surface area contributed by atoms with Gasteiger partial charge in [-0.2, -0.15) is 0 Å². The van der Waals surface area contributed by atoms with Crippen LogP contribution in [0.1, 0.15) is 43.6 Å². The summed E-state index contributed by atoms with van der Waals surface area (Å²) in [6.07, 6.45) is 3.51. The Kier molecular flexibility index (Phi) is 3.04. The first-order valence-corrected chi connectivity index (χ1v) is 6.24. The van der Waals surface area contributed by atoms with Crippen molar-refractivity contribution >= 4 is 11.9 Å². The van der Waals surface area contributed by atoms with E-state index in [4.69, 9.17) is 4.74 Å². The molecule has 0 aliphatic carbocycles. The van der Waals surface area contributed by atoms with Crippen molar-refractivity contribution in [2.45, 2.75) is 33.3 Å². The highest BCUT2D eigenvalue weighted by molar-refractivity contribution is 6.04. The van der Waals surface area contributed by atoms with Gasteiger partial charge in [0.1, 0.15) is 28.4 Å². The molecule has 2 N–H and O–H groups in total. The van der Waals surface area contributed by atoms with Crippen molar-refractivity contribution in [1.29, 1.82) is 0 Å². The van der Waals surface area contributed by atoms with Crippen LogP contribution in [0.2, 0.25) is 0 Å². The summed E-state index contributed by atoms with van der Waals surface area (Å²) in [4.78, 5) is 12.2. The third kappa shape index (κ3) is 2.30. The lowest BCUT2D eigenvalue weighted by molar-refractivity contribution is 0.0922. The van der Waals surface area contributed by atoms with Gasteiger partial charge in [-0.25, -0.2) is 0 Å². The standard InChI is InChI=1S/C15H18O4/c1-8(2)13(18)12-11(17)7-10(16)9-5-6-15(3,4)19-14(9)12/h5-8,16-17H,1-4H3. The van der Waals surface area contributed by atoms with Crippen molar-refractivity contribution in [1.82, 2.24) is 0 Å². The van der Waals surface area contributed by atoms with Crippen LogP contribution in [0.25, 0.3) is 6.08 Å². The monoisotopic (exact) mass is 262 g/mol. The first kappa shape index (κ1) is 13.5. The van der Waals surface area contributed by atoms with Crippen LogP contribution < -0.4 is 4.74 Å². The first-order chi connectivity index (χ1) is 8.73. The Labute approximate surface area is 112 Å². The highest BCUT2D eigenvalue weighted by atomic mass is 16.5. The number of ketones is 1. The van der Waals surface area contributed by atoms with Gasteiger partial charge >= 0.3 is 0 Å². The van der Waals surface area contributed by atoms with Gasteiger partial charge in [0.15, 0.2) is 5.78 Å². The molecule has 1 aliphatic rings. The average molecular weight is 262 g/mol. The van der Waals surface area contributed by atoms with Crippen LogP contribution in [0.5, 0.6) is 17.2 Å². The van der Waals surface area contributed by atoms with Gasteiger partial charge in [0.25, 0.3) is 0 Å². The van der Waals surface area contributed by atoms with Gasteiger partial charge in [-0.1, -0.05) is 13.8 Å². The quantitative estimate of drug-likeness (QED) is 0.804. The zero-order valence-electron chi connectivity index (χ0n) is 11.5. The Hall–Kier alpha value is -1.97. The number of Topliss-reactive ketones (excluding diaryl/α,β-unsaturated/α-hetero) is 1. The summed E-state index contributed by atoms with van der Waals surface area (Å²) in [5, 5.41) is 19.8. The molecule has 0 atom stereocenters. The van der Waals surface area contributed by atoms with E-state index < -0.39 is 5.60 Å². The lowest BCUT2D eigenvalue weighted by Gasteiger charge is -2.30. The number of phenols is 2. The molecule has 0 fully saturated rings. The van der Waals surface area contributed by atoms with Crippen molar-refractivity contribution in [3.63, 3.8) is 0 Å². The van der Waals surface area contributed by atoms with Crippen molar-refractivity contribution < 1.29 is 19.7 Å². The summed E-state index contributed by atoms with van der Waals surface area (Å²) >= 11 is 0. The zero-order valence-corrected chi connectivity index (χ0v) is 11.5. The number of rotatable bonds is 2. The number of aromatic hydroxyl groups is 2. The van der Waals surface area contributed by atoms with Crippen LogP contribution in [0.4, 0.5) is 0 Å². The zero-order chi connectivity index (χ0) is 14.4. The van der Waals surface area contributed by atoms with Crippen LogP contribution in [0.15, 0.2) is 12.1 Å². The first-order valence-electron chi connectivity index (χ1n) is 6.24. The lowest BCUT2D eigenvalue weighted by Crippen LogP contribution is -2.29. The second kappa shape index (κ2) is 4.30.